The fourth-order valence-electron chi connectivity index (χ4n) is 2.49. The van der Waals surface area contributed by atoms with Gasteiger partial charge in [-0.1, -0.05) is 34.2 Å². The summed E-state index contributed by atoms with van der Waals surface area (Å²) in [6, 6.07) is 0. The normalized spacial score (nSPS) is 22.9. The fourth-order valence-corrected chi connectivity index (χ4v) is 2.96. The standard InChI is InChI=1S/C15H16ClIN2O7/c1-7(20)24-6-12-11(25-8(2)21)3-13(26-12)19-5-9(10(16)4-17)14(22)18-15(19)23/h4-5,11-13H,3,6H2,1-2H3,(H,18,22,23)/b10-4+/t11-,12+,13+/m0/s1. The fraction of sp³-hybridized carbons (Fsp3) is 0.467. The van der Waals surface area contributed by atoms with Crippen LogP contribution >= 0.6 is 34.2 Å². The minimum Gasteiger partial charge on any atom is -0.463 e. The Bertz CT molecular complexity index is 847. The highest BCUT2D eigenvalue weighted by atomic mass is 127. The number of nitrogens with zero attached hydrogens (tertiary/aromatic N) is 1. The van der Waals surface area contributed by atoms with Gasteiger partial charge in [-0.05, 0) is 4.08 Å². The first-order valence-electron chi connectivity index (χ1n) is 7.50. The predicted octanol–water partition coefficient (Wildman–Crippen LogP) is 1.29. The molecule has 1 N–H and O–H groups in total. The highest BCUT2D eigenvalue weighted by Gasteiger charge is 2.39. The Balaban J connectivity index is 2.33. The average molecular weight is 499 g/mol. The Labute approximate surface area is 166 Å². The van der Waals surface area contributed by atoms with Crippen LogP contribution in [-0.2, 0) is 23.8 Å². The van der Waals surface area contributed by atoms with Crippen molar-refractivity contribution in [1.29, 1.82) is 0 Å². The van der Waals surface area contributed by atoms with Crippen LogP contribution < -0.4 is 11.2 Å². The topological polar surface area (TPSA) is 117 Å². The van der Waals surface area contributed by atoms with Gasteiger partial charge in [-0.2, -0.15) is 0 Å². The van der Waals surface area contributed by atoms with Crippen LogP contribution in [0.2, 0.25) is 0 Å². The highest BCUT2D eigenvalue weighted by molar-refractivity contribution is 14.1. The SMILES string of the molecule is CC(=O)OC[C@H]1O[C@@H](n2cc(/C(Cl)=C\I)c(=O)[nH]c2=O)C[C@@H]1OC(C)=O. The molecule has 1 fully saturated rings. The second-order valence-corrected chi connectivity index (χ2v) is 6.51. The molecule has 9 nitrogen and oxygen atoms in total. The lowest BCUT2D eigenvalue weighted by Crippen LogP contribution is -2.34. The van der Waals surface area contributed by atoms with E-state index in [4.69, 9.17) is 25.8 Å². The van der Waals surface area contributed by atoms with E-state index in [2.05, 4.69) is 4.98 Å². The van der Waals surface area contributed by atoms with E-state index < -0.39 is 41.6 Å². The van der Waals surface area contributed by atoms with Gasteiger partial charge in [0.15, 0.2) is 0 Å². The summed E-state index contributed by atoms with van der Waals surface area (Å²) in [6.07, 6.45) is -0.868. The number of rotatable bonds is 5. The lowest BCUT2D eigenvalue weighted by Gasteiger charge is -2.17. The molecule has 0 unspecified atom stereocenters. The van der Waals surface area contributed by atoms with Crippen LogP contribution in [0.5, 0.6) is 0 Å². The van der Waals surface area contributed by atoms with Gasteiger partial charge in [0.2, 0.25) is 0 Å². The summed E-state index contributed by atoms with van der Waals surface area (Å²) in [7, 11) is 0. The lowest BCUT2D eigenvalue weighted by atomic mass is 10.2. The molecule has 1 aromatic heterocycles. The lowest BCUT2D eigenvalue weighted by molar-refractivity contribution is -0.155. The van der Waals surface area contributed by atoms with Gasteiger partial charge >= 0.3 is 17.6 Å². The molecular weight excluding hydrogens is 483 g/mol. The van der Waals surface area contributed by atoms with Crippen molar-refractivity contribution in [3.63, 3.8) is 0 Å². The number of aromatic amines is 1. The van der Waals surface area contributed by atoms with Crippen molar-refractivity contribution in [2.75, 3.05) is 6.61 Å². The predicted molar refractivity (Wildman–Crippen MR) is 99.9 cm³/mol. The molecule has 142 valence electrons. The second-order valence-electron chi connectivity index (χ2n) is 5.48. The van der Waals surface area contributed by atoms with Crippen molar-refractivity contribution in [2.24, 2.45) is 0 Å². The summed E-state index contributed by atoms with van der Waals surface area (Å²) in [6.45, 7) is 2.35. The molecular formula is C15H16ClIN2O7. The maximum absolute atomic E-state index is 12.2. The monoisotopic (exact) mass is 498 g/mol. The van der Waals surface area contributed by atoms with Crippen molar-refractivity contribution >= 4 is 51.2 Å². The molecule has 1 saturated heterocycles. The van der Waals surface area contributed by atoms with E-state index >= 15 is 0 Å². The van der Waals surface area contributed by atoms with Crippen molar-refractivity contribution in [2.45, 2.75) is 38.7 Å². The molecule has 0 amide bonds. The quantitative estimate of drug-likeness (QED) is 0.480. The van der Waals surface area contributed by atoms with Gasteiger partial charge < -0.3 is 14.2 Å². The maximum Gasteiger partial charge on any atom is 0.330 e. The van der Waals surface area contributed by atoms with Crippen LogP contribution in [0.25, 0.3) is 5.03 Å². The van der Waals surface area contributed by atoms with Crippen LogP contribution in [0.4, 0.5) is 0 Å². The van der Waals surface area contributed by atoms with Crippen LogP contribution in [0.1, 0.15) is 32.1 Å². The molecule has 0 spiro atoms. The molecule has 1 aliphatic heterocycles. The van der Waals surface area contributed by atoms with E-state index in [1.807, 2.05) is 22.6 Å². The number of ether oxygens (including phenoxy) is 3. The zero-order chi connectivity index (χ0) is 19.4. The van der Waals surface area contributed by atoms with Gasteiger partial charge in [-0.3, -0.25) is 23.9 Å². The highest BCUT2D eigenvalue weighted by Crippen LogP contribution is 2.30. The summed E-state index contributed by atoms with van der Waals surface area (Å²) in [5.41, 5.74) is -1.23. The Kier molecular flexibility index (Phi) is 7.01. The van der Waals surface area contributed by atoms with E-state index in [-0.39, 0.29) is 23.6 Å². The van der Waals surface area contributed by atoms with Gasteiger partial charge in [0.25, 0.3) is 5.56 Å². The molecule has 3 atom stereocenters. The zero-order valence-corrected chi connectivity index (χ0v) is 16.8. The van der Waals surface area contributed by atoms with E-state index in [9.17, 15) is 19.2 Å². The third-order valence-electron chi connectivity index (χ3n) is 3.58. The molecule has 26 heavy (non-hydrogen) atoms. The average Bonchev–Trinajstić information content (AvgIpc) is 2.94. The van der Waals surface area contributed by atoms with Gasteiger partial charge in [0.1, 0.15) is 25.0 Å². The van der Waals surface area contributed by atoms with Crippen LogP contribution in [-0.4, -0.2) is 40.3 Å². The smallest absolute Gasteiger partial charge is 0.330 e. The van der Waals surface area contributed by atoms with Crippen molar-refractivity contribution in [3.8, 4) is 0 Å². The van der Waals surface area contributed by atoms with Crippen LogP contribution in [0, 0.1) is 0 Å². The minimum absolute atomic E-state index is 0.0942. The zero-order valence-electron chi connectivity index (χ0n) is 13.9. The van der Waals surface area contributed by atoms with E-state index in [0.29, 0.717) is 0 Å². The minimum atomic E-state index is -0.832. The molecule has 11 heteroatoms. The van der Waals surface area contributed by atoms with Crippen LogP contribution in [0.3, 0.4) is 0 Å². The molecule has 0 aromatic carbocycles. The molecule has 1 aliphatic rings. The molecule has 2 heterocycles. The summed E-state index contributed by atoms with van der Waals surface area (Å²) in [5.74, 6) is -1.04. The molecule has 0 bridgehead atoms. The molecule has 2 rings (SSSR count). The van der Waals surface area contributed by atoms with Gasteiger partial charge in [0, 0.05) is 26.5 Å². The number of carbonyl (C=O) groups excluding carboxylic acids is 2. The number of halogens is 2. The Hall–Kier alpha value is -1.66. The first-order chi connectivity index (χ1) is 12.2. The maximum atomic E-state index is 12.2. The summed E-state index contributed by atoms with van der Waals surface area (Å²) in [4.78, 5) is 48.5. The van der Waals surface area contributed by atoms with E-state index in [1.54, 1.807) is 0 Å². The van der Waals surface area contributed by atoms with Crippen molar-refractivity contribution in [3.05, 3.63) is 36.7 Å². The molecule has 0 saturated carbocycles. The molecule has 1 aromatic rings. The number of hydrogen-bond acceptors (Lipinski definition) is 7. The first kappa shape index (κ1) is 20.6. The number of nitrogens with one attached hydrogen (secondary N) is 1. The Morgan fingerprint density at radius 3 is 2.69 bits per heavy atom. The van der Waals surface area contributed by atoms with Crippen molar-refractivity contribution < 1.29 is 23.8 Å². The van der Waals surface area contributed by atoms with Gasteiger partial charge in [0.05, 0.1) is 10.6 Å². The Morgan fingerprint density at radius 1 is 1.42 bits per heavy atom. The summed E-state index contributed by atoms with van der Waals surface area (Å²) in [5, 5.41) is 0.159. The van der Waals surface area contributed by atoms with Gasteiger partial charge in [-0.25, -0.2) is 4.79 Å². The number of H-pyrrole nitrogens is 1. The van der Waals surface area contributed by atoms with E-state index in [1.165, 1.54) is 24.1 Å². The number of esters is 2. The first-order valence-corrected chi connectivity index (χ1v) is 9.13. The number of hydrogen-bond donors (Lipinski definition) is 1. The van der Waals surface area contributed by atoms with Crippen molar-refractivity contribution in [1.82, 2.24) is 9.55 Å². The summed E-state index contributed by atoms with van der Waals surface area (Å²) < 4.78 is 18.5. The molecule has 0 radical (unpaired) electrons. The Morgan fingerprint density at radius 2 is 2.12 bits per heavy atom. The number of carbonyl (C=O) groups is 2. The third kappa shape index (κ3) is 4.95. The van der Waals surface area contributed by atoms with E-state index in [0.717, 1.165) is 4.57 Å². The third-order valence-corrected chi connectivity index (χ3v) is 4.88. The van der Waals surface area contributed by atoms with Gasteiger partial charge in [-0.15, -0.1) is 0 Å². The molecule has 0 aliphatic carbocycles. The number of aromatic nitrogens is 2. The largest absolute Gasteiger partial charge is 0.463 e. The summed E-state index contributed by atoms with van der Waals surface area (Å²) >= 11 is 7.86. The van der Waals surface area contributed by atoms with Crippen LogP contribution in [0.15, 0.2) is 19.9 Å². The second kappa shape index (κ2) is 8.82.